The summed E-state index contributed by atoms with van der Waals surface area (Å²) in [5, 5.41) is 0. The maximum Gasteiger partial charge on any atom is 0.472 e. The molecule has 0 aliphatic rings. The SMILES string of the molecule is CC/C=C\C/C=C\C/C=C\C/C=C\C/C=C\CCCCCCCCCCCCCCCCCCCCCCCCCC(=O)OC(COC(=O)CCCCCCCCCCCCC/C=C\C/C=C\C/C=C\C/C=C\C/C=C\CC)COP(=O)(O)OCC[N+](C)(C)C. The molecule has 0 heterocycles. The smallest absolute Gasteiger partial charge is 0.462 e. The molecule has 10 heteroatoms. The third-order valence-corrected chi connectivity index (χ3v) is 17.0. The molecule has 0 amide bonds. The Morgan fingerprint density at radius 3 is 0.889 bits per heavy atom. The first-order valence-corrected chi connectivity index (χ1v) is 38.8. The highest BCUT2D eigenvalue weighted by Gasteiger charge is 2.27. The number of carbonyl (C=O) groups is 2. The lowest BCUT2D eigenvalue weighted by atomic mass is 10.0. The van der Waals surface area contributed by atoms with Gasteiger partial charge in [-0.15, -0.1) is 0 Å². The third kappa shape index (κ3) is 73.5. The van der Waals surface area contributed by atoms with Crippen LogP contribution < -0.4 is 0 Å². The molecule has 0 aromatic rings. The summed E-state index contributed by atoms with van der Waals surface area (Å²) in [5.41, 5.74) is 0. The van der Waals surface area contributed by atoms with Crippen LogP contribution in [-0.2, 0) is 32.7 Å². The van der Waals surface area contributed by atoms with E-state index in [4.69, 9.17) is 18.5 Å². The highest BCUT2D eigenvalue weighted by Crippen LogP contribution is 2.43. The maximum atomic E-state index is 12.9. The van der Waals surface area contributed by atoms with Crippen molar-refractivity contribution in [3.63, 3.8) is 0 Å². The molecule has 90 heavy (non-hydrogen) atoms. The highest BCUT2D eigenvalue weighted by molar-refractivity contribution is 7.47. The molecule has 2 atom stereocenters. The Bertz CT molecular complexity index is 1940. The van der Waals surface area contributed by atoms with Crippen molar-refractivity contribution < 1.29 is 42.1 Å². The number of allylic oxidation sites excluding steroid dienone is 20. The normalized spacial score (nSPS) is 13.8. The lowest BCUT2D eigenvalue weighted by Crippen LogP contribution is -2.37. The van der Waals surface area contributed by atoms with E-state index in [2.05, 4.69) is 135 Å². The summed E-state index contributed by atoms with van der Waals surface area (Å²) in [6.45, 7) is 4.23. The van der Waals surface area contributed by atoms with E-state index in [1.54, 1.807) is 0 Å². The number of unbranched alkanes of at least 4 members (excludes halogenated alkanes) is 34. The zero-order valence-electron chi connectivity index (χ0n) is 59.1. The van der Waals surface area contributed by atoms with E-state index in [1.165, 1.54) is 193 Å². The van der Waals surface area contributed by atoms with Gasteiger partial charge in [-0.3, -0.25) is 18.6 Å². The van der Waals surface area contributed by atoms with E-state index in [-0.39, 0.29) is 32.0 Å². The van der Waals surface area contributed by atoms with Gasteiger partial charge in [-0.25, -0.2) is 4.57 Å². The van der Waals surface area contributed by atoms with Gasteiger partial charge < -0.3 is 18.9 Å². The van der Waals surface area contributed by atoms with Crippen LogP contribution in [0.3, 0.4) is 0 Å². The Morgan fingerprint density at radius 1 is 0.344 bits per heavy atom. The molecule has 0 aromatic carbocycles. The van der Waals surface area contributed by atoms with Gasteiger partial charge in [0.05, 0.1) is 27.7 Å². The zero-order valence-corrected chi connectivity index (χ0v) is 60.0. The van der Waals surface area contributed by atoms with Gasteiger partial charge in [0.2, 0.25) is 0 Å². The third-order valence-electron chi connectivity index (χ3n) is 16.0. The number of phosphoric ester groups is 1. The Labute approximate surface area is 556 Å². The summed E-state index contributed by atoms with van der Waals surface area (Å²) in [5.74, 6) is -0.792. The maximum absolute atomic E-state index is 12.9. The number of quaternary nitrogens is 1. The van der Waals surface area contributed by atoms with E-state index in [1.807, 2.05) is 21.1 Å². The molecule has 0 fully saturated rings. The average Bonchev–Trinajstić information content (AvgIpc) is 3.58. The van der Waals surface area contributed by atoms with Crippen molar-refractivity contribution in [2.45, 2.75) is 328 Å². The fourth-order valence-electron chi connectivity index (χ4n) is 10.4. The number of nitrogens with zero attached hydrogens (tertiary/aromatic N) is 1. The van der Waals surface area contributed by atoms with Crippen LogP contribution in [0.25, 0.3) is 0 Å². The molecule has 0 aliphatic carbocycles. The Hall–Kier alpha value is -3.59. The molecule has 0 bridgehead atoms. The number of hydrogen-bond donors (Lipinski definition) is 1. The number of rotatable bonds is 68. The molecule has 0 spiro atoms. The summed E-state index contributed by atoms with van der Waals surface area (Å²) in [6.07, 6.45) is 100. The van der Waals surface area contributed by atoms with E-state index in [0.29, 0.717) is 17.4 Å². The quantitative estimate of drug-likeness (QED) is 0.0211. The van der Waals surface area contributed by atoms with Crippen LogP contribution >= 0.6 is 7.82 Å². The first-order chi connectivity index (χ1) is 44.0. The zero-order chi connectivity index (χ0) is 65.5. The average molecular weight is 1280 g/mol. The molecule has 0 saturated carbocycles. The fraction of sp³-hybridized carbons (Fsp3) is 0.725. The number of ether oxygens (including phenoxy) is 2. The number of hydrogen-bond acceptors (Lipinski definition) is 7. The predicted octanol–water partition coefficient (Wildman–Crippen LogP) is 24.6. The molecule has 0 rings (SSSR count). The Balaban J connectivity index is 3.97. The van der Waals surface area contributed by atoms with Gasteiger partial charge in [-0.2, -0.15) is 0 Å². The van der Waals surface area contributed by atoms with Crippen molar-refractivity contribution >= 4 is 19.8 Å². The van der Waals surface area contributed by atoms with E-state index in [9.17, 15) is 19.0 Å². The number of esters is 2. The van der Waals surface area contributed by atoms with Crippen LogP contribution in [0, 0.1) is 0 Å². The molecule has 9 nitrogen and oxygen atoms in total. The molecule has 0 radical (unpaired) electrons. The van der Waals surface area contributed by atoms with Gasteiger partial charge in [0.15, 0.2) is 6.10 Å². The van der Waals surface area contributed by atoms with Crippen molar-refractivity contribution in [3.05, 3.63) is 122 Å². The molecular formula is C80H141NO8P+. The van der Waals surface area contributed by atoms with Crippen LogP contribution in [0.5, 0.6) is 0 Å². The van der Waals surface area contributed by atoms with Gasteiger partial charge in [0, 0.05) is 12.8 Å². The minimum atomic E-state index is -4.40. The molecule has 0 aromatic heterocycles. The fourth-order valence-corrected chi connectivity index (χ4v) is 11.1. The lowest BCUT2D eigenvalue weighted by Gasteiger charge is -2.24. The Kier molecular flexibility index (Phi) is 67.0. The molecule has 0 saturated heterocycles. The minimum Gasteiger partial charge on any atom is -0.462 e. The van der Waals surface area contributed by atoms with E-state index in [0.717, 1.165) is 96.3 Å². The number of carbonyl (C=O) groups excluding carboxylic acids is 2. The summed E-state index contributed by atoms with van der Waals surface area (Å²) in [6, 6.07) is 0. The number of phosphoric acid groups is 1. The summed E-state index contributed by atoms with van der Waals surface area (Å²) in [7, 11) is 1.48. The molecular weight excluding hydrogens is 1130 g/mol. The monoisotopic (exact) mass is 1280 g/mol. The van der Waals surface area contributed by atoms with Crippen LogP contribution in [0.4, 0.5) is 0 Å². The number of likely N-dealkylation sites (N-methyl/N-ethyl adjacent to an activating group) is 1. The second-order valence-corrected chi connectivity index (χ2v) is 27.4. The molecule has 0 aliphatic heterocycles. The van der Waals surface area contributed by atoms with Crippen molar-refractivity contribution in [2.24, 2.45) is 0 Å². The van der Waals surface area contributed by atoms with Gasteiger partial charge in [0.25, 0.3) is 0 Å². The first-order valence-electron chi connectivity index (χ1n) is 37.3. The van der Waals surface area contributed by atoms with Crippen LogP contribution in [0.1, 0.15) is 322 Å². The summed E-state index contributed by atoms with van der Waals surface area (Å²) < 4.78 is 34.8. The highest BCUT2D eigenvalue weighted by atomic mass is 31.2. The second-order valence-electron chi connectivity index (χ2n) is 25.9. The van der Waals surface area contributed by atoms with Gasteiger partial charge in [-0.05, 0) is 103 Å². The topological polar surface area (TPSA) is 108 Å². The summed E-state index contributed by atoms with van der Waals surface area (Å²) >= 11 is 0. The molecule has 2 unspecified atom stereocenters. The standard InChI is InChI=1S/C80H140NO8P/c1-6-8-10-12-14-16-18-20-22-24-26-28-30-32-34-35-36-37-38-39-40-41-42-43-44-45-47-49-51-53-55-57-59-61-63-65-67-69-71-73-80(83)89-78(77-88-90(84,85)87-75-74-81(3,4)5)76-86-79(82)72-70-68-66-64-62-60-58-56-54-52-50-48-46-33-31-29-27-25-23-21-19-17-15-13-11-9-7-2/h8-11,14-17,20-23,26-29,32-34,46,78H,6-7,12-13,18-19,24-25,30-31,35-45,47-77H2,1-5H3/p+1/b10-8-,11-9-,16-14-,17-15-,22-20-,23-21-,28-26-,29-27-,34-32-,46-33-. The van der Waals surface area contributed by atoms with Crippen molar-refractivity contribution in [3.8, 4) is 0 Å². The van der Waals surface area contributed by atoms with Crippen LogP contribution in [0.15, 0.2) is 122 Å². The van der Waals surface area contributed by atoms with Gasteiger partial charge in [-0.1, -0.05) is 328 Å². The van der Waals surface area contributed by atoms with E-state index < -0.39 is 26.5 Å². The van der Waals surface area contributed by atoms with Crippen LogP contribution in [0.2, 0.25) is 0 Å². The van der Waals surface area contributed by atoms with Gasteiger partial charge >= 0.3 is 19.8 Å². The predicted molar refractivity (Wildman–Crippen MR) is 390 cm³/mol. The largest absolute Gasteiger partial charge is 0.472 e. The summed E-state index contributed by atoms with van der Waals surface area (Å²) in [4.78, 5) is 35.9. The first kappa shape index (κ1) is 86.4. The molecule has 1 N–H and O–H groups in total. The molecule has 518 valence electrons. The van der Waals surface area contributed by atoms with Crippen LogP contribution in [-0.4, -0.2) is 74.9 Å². The minimum absolute atomic E-state index is 0.0286. The van der Waals surface area contributed by atoms with Crippen molar-refractivity contribution in [2.75, 3.05) is 47.5 Å². The van der Waals surface area contributed by atoms with Crippen molar-refractivity contribution in [1.29, 1.82) is 0 Å². The Morgan fingerprint density at radius 2 is 0.600 bits per heavy atom. The lowest BCUT2D eigenvalue weighted by molar-refractivity contribution is -0.870. The van der Waals surface area contributed by atoms with Gasteiger partial charge in [0.1, 0.15) is 19.8 Å². The van der Waals surface area contributed by atoms with Crippen molar-refractivity contribution in [1.82, 2.24) is 0 Å². The van der Waals surface area contributed by atoms with E-state index >= 15 is 0 Å². The second kappa shape index (κ2) is 69.7.